The molecule has 1 aromatic carbocycles. The Morgan fingerprint density at radius 2 is 2.25 bits per heavy atom. The van der Waals surface area contributed by atoms with Crippen LogP contribution in [0.4, 0.5) is 5.95 Å². The van der Waals surface area contributed by atoms with Crippen molar-refractivity contribution >= 4 is 28.5 Å². The van der Waals surface area contributed by atoms with Gasteiger partial charge in [0.05, 0.1) is 5.69 Å². The molecule has 0 radical (unpaired) electrons. The Labute approximate surface area is 133 Å². The SMILES string of the molecule is CCOCCCNc1nc(C)cn1-c1cccc(I)c1. The number of hydrogen-bond acceptors (Lipinski definition) is 3. The first kappa shape index (κ1) is 15.3. The van der Waals surface area contributed by atoms with Gasteiger partial charge in [0.2, 0.25) is 5.95 Å². The van der Waals surface area contributed by atoms with E-state index in [1.165, 1.54) is 3.57 Å². The van der Waals surface area contributed by atoms with Crippen LogP contribution >= 0.6 is 22.6 Å². The van der Waals surface area contributed by atoms with Gasteiger partial charge >= 0.3 is 0 Å². The van der Waals surface area contributed by atoms with Crippen LogP contribution in [-0.2, 0) is 4.74 Å². The van der Waals surface area contributed by atoms with E-state index in [-0.39, 0.29) is 0 Å². The summed E-state index contributed by atoms with van der Waals surface area (Å²) in [5.74, 6) is 0.890. The Balaban J connectivity index is 2.06. The molecule has 0 bridgehead atoms. The summed E-state index contributed by atoms with van der Waals surface area (Å²) < 4.78 is 8.65. The summed E-state index contributed by atoms with van der Waals surface area (Å²) in [6.07, 6.45) is 3.03. The summed E-state index contributed by atoms with van der Waals surface area (Å²) in [5, 5.41) is 3.38. The predicted molar refractivity (Wildman–Crippen MR) is 90.6 cm³/mol. The van der Waals surface area contributed by atoms with Gasteiger partial charge in [0.15, 0.2) is 0 Å². The van der Waals surface area contributed by atoms with Gasteiger partial charge < -0.3 is 10.1 Å². The molecular formula is C15H20IN3O. The number of anilines is 1. The van der Waals surface area contributed by atoms with Crippen LogP contribution in [-0.4, -0.2) is 29.3 Å². The third-order valence-electron chi connectivity index (χ3n) is 2.87. The Morgan fingerprint density at radius 3 is 3.00 bits per heavy atom. The van der Waals surface area contributed by atoms with Crippen molar-refractivity contribution in [2.24, 2.45) is 0 Å². The number of ether oxygens (including phenoxy) is 1. The molecular weight excluding hydrogens is 365 g/mol. The van der Waals surface area contributed by atoms with Crippen molar-refractivity contribution in [1.29, 1.82) is 0 Å². The van der Waals surface area contributed by atoms with Gasteiger partial charge in [0, 0.05) is 35.2 Å². The second kappa shape index (κ2) is 7.64. The van der Waals surface area contributed by atoms with Crippen LogP contribution in [0.25, 0.3) is 5.69 Å². The smallest absolute Gasteiger partial charge is 0.207 e. The lowest BCUT2D eigenvalue weighted by Crippen LogP contribution is -2.10. The number of rotatable bonds is 7. The molecule has 108 valence electrons. The molecule has 0 saturated carbocycles. The van der Waals surface area contributed by atoms with E-state index < -0.39 is 0 Å². The largest absolute Gasteiger partial charge is 0.382 e. The van der Waals surface area contributed by atoms with Gasteiger partial charge in [0.1, 0.15) is 0 Å². The van der Waals surface area contributed by atoms with Crippen molar-refractivity contribution in [3.63, 3.8) is 0 Å². The highest BCUT2D eigenvalue weighted by Gasteiger charge is 2.07. The third-order valence-corrected chi connectivity index (χ3v) is 3.54. The van der Waals surface area contributed by atoms with Crippen LogP contribution in [0, 0.1) is 10.5 Å². The van der Waals surface area contributed by atoms with Crippen LogP contribution in [0.1, 0.15) is 19.0 Å². The standard InChI is InChI=1S/C15H20IN3O/c1-3-20-9-5-8-17-15-18-12(2)11-19(15)14-7-4-6-13(16)10-14/h4,6-7,10-11H,3,5,8-9H2,1-2H3,(H,17,18). The number of nitrogens with one attached hydrogen (secondary N) is 1. The quantitative estimate of drug-likeness (QED) is 0.585. The van der Waals surface area contributed by atoms with Gasteiger partial charge in [-0.2, -0.15) is 0 Å². The number of imidazole rings is 1. The molecule has 4 nitrogen and oxygen atoms in total. The molecule has 0 amide bonds. The van der Waals surface area contributed by atoms with Crippen molar-refractivity contribution in [1.82, 2.24) is 9.55 Å². The van der Waals surface area contributed by atoms with Crippen LogP contribution in [0.3, 0.4) is 0 Å². The molecule has 1 N–H and O–H groups in total. The van der Waals surface area contributed by atoms with E-state index in [2.05, 4.69) is 67.9 Å². The molecule has 0 aliphatic carbocycles. The molecule has 20 heavy (non-hydrogen) atoms. The van der Waals surface area contributed by atoms with Gasteiger partial charge in [-0.25, -0.2) is 4.98 Å². The number of nitrogens with zero attached hydrogens (tertiary/aromatic N) is 2. The van der Waals surface area contributed by atoms with Crippen LogP contribution in [0.5, 0.6) is 0 Å². The summed E-state index contributed by atoms with van der Waals surface area (Å²) in [7, 11) is 0. The lowest BCUT2D eigenvalue weighted by Gasteiger charge is -2.10. The number of aryl methyl sites for hydroxylation is 1. The number of aromatic nitrogens is 2. The second-order valence-corrected chi connectivity index (χ2v) is 5.78. The molecule has 0 spiro atoms. The summed E-state index contributed by atoms with van der Waals surface area (Å²) in [5.41, 5.74) is 2.14. The van der Waals surface area contributed by atoms with Crippen molar-refractivity contribution < 1.29 is 4.74 Å². The maximum absolute atomic E-state index is 5.34. The summed E-state index contributed by atoms with van der Waals surface area (Å²) >= 11 is 2.32. The number of benzene rings is 1. The van der Waals surface area contributed by atoms with Gasteiger partial charge in [-0.1, -0.05) is 6.07 Å². The fraction of sp³-hybridized carbons (Fsp3) is 0.400. The van der Waals surface area contributed by atoms with Gasteiger partial charge in [-0.3, -0.25) is 4.57 Å². The van der Waals surface area contributed by atoms with Crippen LogP contribution < -0.4 is 5.32 Å². The van der Waals surface area contributed by atoms with Gasteiger partial charge in [-0.15, -0.1) is 0 Å². The predicted octanol–water partition coefficient (Wildman–Crippen LogP) is 3.62. The fourth-order valence-electron chi connectivity index (χ4n) is 1.96. The van der Waals surface area contributed by atoms with E-state index >= 15 is 0 Å². The molecule has 0 aliphatic rings. The van der Waals surface area contributed by atoms with Crippen molar-refractivity contribution in [2.45, 2.75) is 20.3 Å². The fourth-order valence-corrected chi connectivity index (χ4v) is 2.49. The lowest BCUT2D eigenvalue weighted by molar-refractivity contribution is 0.147. The molecule has 0 atom stereocenters. The van der Waals surface area contributed by atoms with E-state index in [0.717, 1.165) is 43.5 Å². The van der Waals surface area contributed by atoms with E-state index in [9.17, 15) is 0 Å². The topological polar surface area (TPSA) is 39.1 Å². The maximum Gasteiger partial charge on any atom is 0.207 e. The van der Waals surface area contributed by atoms with Gasteiger partial charge in [-0.05, 0) is 61.1 Å². The van der Waals surface area contributed by atoms with Crippen LogP contribution in [0.2, 0.25) is 0 Å². The average molecular weight is 385 g/mol. The van der Waals surface area contributed by atoms with Crippen molar-refractivity contribution in [2.75, 3.05) is 25.1 Å². The number of halogens is 1. The highest BCUT2D eigenvalue weighted by atomic mass is 127. The zero-order chi connectivity index (χ0) is 14.4. The molecule has 1 aromatic heterocycles. The zero-order valence-electron chi connectivity index (χ0n) is 11.9. The molecule has 5 heteroatoms. The minimum atomic E-state index is 0.774. The minimum Gasteiger partial charge on any atom is -0.382 e. The summed E-state index contributed by atoms with van der Waals surface area (Å²) in [6.45, 7) is 6.44. The molecule has 2 rings (SSSR count). The van der Waals surface area contributed by atoms with Gasteiger partial charge in [0.25, 0.3) is 0 Å². The summed E-state index contributed by atoms with van der Waals surface area (Å²) in [4.78, 5) is 4.54. The molecule has 0 aliphatic heterocycles. The van der Waals surface area contributed by atoms with E-state index in [1.54, 1.807) is 0 Å². The third kappa shape index (κ3) is 4.21. The average Bonchev–Trinajstić information content (AvgIpc) is 2.80. The number of hydrogen-bond donors (Lipinski definition) is 1. The summed E-state index contributed by atoms with van der Waals surface area (Å²) in [6, 6.07) is 8.38. The first-order chi connectivity index (χ1) is 9.70. The molecule has 0 fully saturated rings. The molecule has 0 unspecified atom stereocenters. The molecule has 0 saturated heterocycles. The Morgan fingerprint density at radius 1 is 1.40 bits per heavy atom. The molecule has 1 heterocycles. The first-order valence-corrected chi connectivity index (χ1v) is 7.92. The van der Waals surface area contributed by atoms with E-state index in [1.807, 2.05) is 13.8 Å². The Hall–Kier alpha value is -1.08. The normalized spacial score (nSPS) is 10.8. The maximum atomic E-state index is 5.34. The minimum absolute atomic E-state index is 0.774. The van der Waals surface area contributed by atoms with E-state index in [4.69, 9.17) is 4.74 Å². The highest BCUT2D eigenvalue weighted by Crippen LogP contribution is 2.18. The van der Waals surface area contributed by atoms with Crippen molar-refractivity contribution in [3.05, 3.63) is 39.7 Å². The first-order valence-electron chi connectivity index (χ1n) is 6.84. The lowest BCUT2D eigenvalue weighted by atomic mass is 10.3. The highest BCUT2D eigenvalue weighted by molar-refractivity contribution is 14.1. The van der Waals surface area contributed by atoms with Crippen molar-refractivity contribution in [3.8, 4) is 5.69 Å². The second-order valence-electron chi connectivity index (χ2n) is 4.53. The Kier molecular flexibility index (Phi) is 5.85. The molecule has 2 aromatic rings. The van der Waals surface area contributed by atoms with Crippen LogP contribution in [0.15, 0.2) is 30.5 Å². The van der Waals surface area contributed by atoms with E-state index in [0.29, 0.717) is 0 Å². The zero-order valence-corrected chi connectivity index (χ0v) is 14.1. The monoisotopic (exact) mass is 385 g/mol. The Bertz CT molecular complexity index is 554.